The molecule has 0 aliphatic rings. The molecule has 0 aromatic heterocycles. The molecule has 15 heavy (non-hydrogen) atoms. The van der Waals surface area contributed by atoms with Crippen LogP contribution < -0.4 is 5.32 Å². The maximum atomic E-state index is 11.2. The zero-order chi connectivity index (χ0) is 11.5. The summed E-state index contributed by atoms with van der Waals surface area (Å²) in [6.07, 6.45) is 11.0. The lowest BCUT2D eigenvalue weighted by atomic mass is 10.2. The molecule has 1 amide bonds. The van der Waals surface area contributed by atoms with E-state index < -0.39 is 0 Å². The van der Waals surface area contributed by atoms with Crippen molar-refractivity contribution in [3.05, 3.63) is 37.0 Å². The van der Waals surface area contributed by atoms with Gasteiger partial charge in [-0.15, -0.1) is 0 Å². The molecule has 1 N–H and O–H groups in total. The Hall–Kier alpha value is -1.31. The van der Waals surface area contributed by atoms with Crippen LogP contribution in [0.1, 0.15) is 26.7 Å². The Kier molecular flexibility index (Phi) is 8.44. The predicted molar refractivity (Wildman–Crippen MR) is 65.6 cm³/mol. The first-order valence-electron chi connectivity index (χ1n) is 5.38. The van der Waals surface area contributed by atoms with Gasteiger partial charge in [-0.25, -0.2) is 0 Å². The third kappa shape index (κ3) is 10.6. The minimum atomic E-state index is -0.00333. The standard InChI is InChI=1S/C13H21NO/c1-4-5-6-7-8-9-10-13(15)14-11-12(2)3/h4-6,9-10,12H,1,7-8,11H2,2-3H3,(H,14,15)/b6-5?,10-9+. The van der Waals surface area contributed by atoms with Crippen molar-refractivity contribution in [3.8, 4) is 0 Å². The topological polar surface area (TPSA) is 29.1 Å². The zero-order valence-electron chi connectivity index (χ0n) is 9.70. The number of hydrogen-bond acceptors (Lipinski definition) is 1. The fraction of sp³-hybridized carbons (Fsp3) is 0.462. The smallest absolute Gasteiger partial charge is 0.243 e. The first-order chi connectivity index (χ1) is 7.16. The van der Waals surface area contributed by atoms with Crippen molar-refractivity contribution in [2.75, 3.05) is 6.54 Å². The molecule has 2 nitrogen and oxygen atoms in total. The highest BCUT2D eigenvalue weighted by Crippen LogP contribution is 1.93. The number of rotatable bonds is 7. The van der Waals surface area contributed by atoms with Crippen molar-refractivity contribution in [3.63, 3.8) is 0 Å². The normalized spacial score (nSPS) is 11.4. The summed E-state index contributed by atoms with van der Waals surface area (Å²) in [5.74, 6) is 0.495. The third-order valence-electron chi connectivity index (χ3n) is 1.73. The summed E-state index contributed by atoms with van der Waals surface area (Å²) in [5, 5.41) is 2.82. The van der Waals surface area contributed by atoms with E-state index in [1.807, 2.05) is 18.2 Å². The van der Waals surface area contributed by atoms with Crippen LogP contribution in [0.15, 0.2) is 37.0 Å². The van der Waals surface area contributed by atoms with E-state index >= 15 is 0 Å². The van der Waals surface area contributed by atoms with Crippen LogP contribution in [0.25, 0.3) is 0 Å². The maximum absolute atomic E-state index is 11.2. The molecule has 0 heterocycles. The van der Waals surface area contributed by atoms with Crippen LogP contribution in [-0.2, 0) is 4.79 Å². The van der Waals surface area contributed by atoms with E-state index in [1.54, 1.807) is 12.2 Å². The minimum Gasteiger partial charge on any atom is -0.352 e. The molecule has 0 spiro atoms. The molecule has 0 bridgehead atoms. The molecular weight excluding hydrogens is 186 g/mol. The fourth-order valence-electron chi connectivity index (χ4n) is 0.939. The molecule has 0 unspecified atom stereocenters. The largest absolute Gasteiger partial charge is 0.352 e. The first kappa shape index (κ1) is 13.7. The van der Waals surface area contributed by atoms with Gasteiger partial charge in [0.25, 0.3) is 0 Å². The average molecular weight is 207 g/mol. The summed E-state index contributed by atoms with van der Waals surface area (Å²) in [4.78, 5) is 11.2. The van der Waals surface area contributed by atoms with Gasteiger partial charge < -0.3 is 5.32 Å². The molecular formula is C13H21NO. The van der Waals surface area contributed by atoms with E-state index in [0.717, 1.165) is 19.4 Å². The SMILES string of the molecule is C=CC=CCC/C=C/C(=O)NCC(C)C. The number of unbranched alkanes of at least 4 members (excludes halogenated alkanes) is 1. The van der Waals surface area contributed by atoms with Crippen LogP contribution >= 0.6 is 0 Å². The Labute approximate surface area is 92.8 Å². The predicted octanol–water partition coefficient (Wildman–Crippen LogP) is 2.84. The quantitative estimate of drug-likeness (QED) is 0.388. The second kappa shape index (κ2) is 9.25. The summed E-state index contributed by atoms with van der Waals surface area (Å²) in [6.45, 7) is 8.46. The van der Waals surface area contributed by atoms with Gasteiger partial charge in [0.2, 0.25) is 5.91 Å². The van der Waals surface area contributed by atoms with Crippen LogP contribution in [0.4, 0.5) is 0 Å². The van der Waals surface area contributed by atoms with Crippen molar-refractivity contribution >= 4 is 5.91 Å². The Bertz CT molecular complexity index is 239. The number of carbonyl (C=O) groups is 1. The second-order valence-electron chi connectivity index (χ2n) is 3.78. The monoisotopic (exact) mass is 207 g/mol. The zero-order valence-corrected chi connectivity index (χ0v) is 9.70. The molecule has 0 saturated carbocycles. The van der Waals surface area contributed by atoms with Gasteiger partial charge in [-0.2, -0.15) is 0 Å². The summed E-state index contributed by atoms with van der Waals surface area (Å²) < 4.78 is 0. The number of amides is 1. The number of nitrogens with one attached hydrogen (secondary N) is 1. The molecule has 0 aliphatic carbocycles. The molecule has 0 aromatic carbocycles. The van der Waals surface area contributed by atoms with Gasteiger partial charge in [0.05, 0.1) is 0 Å². The molecule has 0 aliphatic heterocycles. The Morgan fingerprint density at radius 3 is 2.60 bits per heavy atom. The van der Waals surface area contributed by atoms with Crippen molar-refractivity contribution < 1.29 is 4.79 Å². The van der Waals surface area contributed by atoms with Gasteiger partial charge in [0.1, 0.15) is 0 Å². The number of carbonyl (C=O) groups excluding carboxylic acids is 1. The lowest BCUT2D eigenvalue weighted by molar-refractivity contribution is -0.116. The summed E-state index contributed by atoms with van der Waals surface area (Å²) >= 11 is 0. The van der Waals surface area contributed by atoms with Crippen molar-refractivity contribution in [2.24, 2.45) is 5.92 Å². The van der Waals surface area contributed by atoms with Crippen LogP contribution in [0.3, 0.4) is 0 Å². The van der Waals surface area contributed by atoms with Gasteiger partial charge in [0.15, 0.2) is 0 Å². The minimum absolute atomic E-state index is 0.00333. The van der Waals surface area contributed by atoms with Crippen LogP contribution in [0.2, 0.25) is 0 Å². The summed E-state index contributed by atoms with van der Waals surface area (Å²) in [6, 6.07) is 0. The van der Waals surface area contributed by atoms with Crippen molar-refractivity contribution in [1.82, 2.24) is 5.32 Å². The molecule has 0 atom stereocenters. The Balaban J connectivity index is 3.54. The molecule has 2 heteroatoms. The van der Waals surface area contributed by atoms with Crippen LogP contribution in [0, 0.1) is 5.92 Å². The van der Waals surface area contributed by atoms with E-state index in [2.05, 4.69) is 25.7 Å². The lowest BCUT2D eigenvalue weighted by Gasteiger charge is -2.03. The summed E-state index contributed by atoms with van der Waals surface area (Å²) in [5.41, 5.74) is 0. The van der Waals surface area contributed by atoms with E-state index in [0.29, 0.717) is 5.92 Å². The van der Waals surface area contributed by atoms with E-state index in [1.165, 1.54) is 0 Å². The highest BCUT2D eigenvalue weighted by Gasteiger charge is 1.95. The van der Waals surface area contributed by atoms with Crippen molar-refractivity contribution in [2.45, 2.75) is 26.7 Å². The molecule has 0 aromatic rings. The van der Waals surface area contributed by atoms with Gasteiger partial charge in [-0.05, 0) is 24.8 Å². The van der Waals surface area contributed by atoms with Gasteiger partial charge in [0, 0.05) is 6.54 Å². The Morgan fingerprint density at radius 2 is 2.00 bits per heavy atom. The Morgan fingerprint density at radius 1 is 1.33 bits per heavy atom. The molecule has 0 fully saturated rings. The van der Waals surface area contributed by atoms with Crippen LogP contribution in [0.5, 0.6) is 0 Å². The van der Waals surface area contributed by atoms with E-state index in [-0.39, 0.29) is 5.91 Å². The summed E-state index contributed by atoms with van der Waals surface area (Å²) in [7, 11) is 0. The van der Waals surface area contributed by atoms with E-state index in [9.17, 15) is 4.79 Å². The third-order valence-corrected chi connectivity index (χ3v) is 1.73. The number of allylic oxidation sites excluding steroid dienone is 4. The number of hydrogen-bond donors (Lipinski definition) is 1. The van der Waals surface area contributed by atoms with E-state index in [4.69, 9.17) is 0 Å². The first-order valence-corrected chi connectivity index (χ1v) is 5.38. The van der Waals surface area contributed by atoms with Gasteiger partial charge >= 0.3 is 0 Å². The van der Waals surface area contributed by atoms with Gasteiger partial charge in [-0.3, -0.25) is 4.79 Å². The van der Waals surface area contributed by atoms with Crippen molar-refractivity contribution in [1.29, 1.82) is 0 Å². The highest BCUT2D eigenvalue weighted by atomic mass is 16.1. The van der Waals surface area contributed by atoms with Crippen LogP contribution in [-0.4, -0.2) is 12.5 Å². The highest BCUT2D eigenvalue weighted by molar-refractivity contribution is 5.87. The second-order valence-corrected chi connectivity index (χ2v) is 3.78. The molecule has 0 radical (unpaired) electrons. The molecule has 84 valence electrons. The molecule has 0 saturated heterocycles. The molecule has 0 rings (SSSR count). The lowest BCUT2D eigenvalue weighted by Crippen LogP contribution is -2.25. The fourth-order valence-corrected chi connectivity index (χ4v) is 0.939. The van der Waals surface area contributed by atoms with Gasteiger partial charge in [-0.1, -0.05) is 44.7 Å². The maximum Gasteiger partial charge on any atom is 0.243 e. The average Bonchev–Trinajstić information content (AvgIpc) is 2.20.